The van der Waals surface area contributed by atoms with Gasteiger partial charge in [0.15, 0.2) is 5.82 Å². The van der Waals surface area contributed by atoms with Crippen molar-refractivity contribution in [2.24, 2.45) is 0 Å². The van der Waals surface area contributed by atoms with Gasteiger partial charge < -0.3 is 9.84 Å². The number of rotatable bonds is 5. The molecule has 1 aromatic heterocycles. The minimum Gasteiger partial charge on any atom is -0.480 e. The zero-order valence-corrected chi connectivity index (χ0v) is 12.8. The maximum Gasteiger partial charge on any atom is 0.325 e. The van der Waals surface area contributed by atoms with Gasteiger partial charge in [-0.1, -0.05) is 30.3 Å². The van der Waals surface area contributed by atoms with E-state index >= 15 is 0 Å². The Morgan fingerprint density at radius 2 is 2.13 bits per heavy atom. The molecular formula is C17H19N3O3. The van der Waals surface area contributed by atoms with Crippen LogP contribution in [0.4, 0.5) is 0 Å². The first-order valence-electron chi connectivity index (χ1n) is 7.99. The maximum atomic E-state index is 11.2. The van der Waals surface area contributed by atoms with Crippen molar-refractivity contribution in [1.82, 2.24) is 14.8 Å². The van der Waals surface area contributed by atoms with Crippen LogP contribution in [-0.2, 0) is 21.5 Å². The molecule has 4 rings (SSSR count). The minimum atomic E-state index is -0.894. The van der Waals surface area contributed by atoms with Gasteiger partial charge in [-0.15, -0.1) is 0 Å². The van der Waals surface area contributed by atoms with Crippen LogP contribution in [0.5, 0.6) is 0 Å². The van der Waals surface area contributed by atoms with Crippen molar-refractivity contribution in [2.75, 3.05) is 13.2 Å². The Hall–Kier alpha value is -2.21. The second-order valence-electron chi connectivity index (χ2n) is 6.35. The van der Waals surface area contributed by atoms with Gasteiger partial charge in [0, 0.05) is 12.5 Å². The monoisotopic (exact) mass is 313 g/mol. The molecule has 2 heterocycles. The fourth-order valence-electron chi connectivity index (χ4n) is 3.39. The van der Waals surface area contributed by atoms with Crippen LogP contribution in [0.1, 0.15) is 42.4 Å². The summed E-state index contributed by atoms with van der Waals surface area (Å²) in [5.41, 5.74) is 1.01. The number of ether oxygens (including phenoxy) is 1. The highest BCUT2D eigenvalue weighted by molar-refractivity contribution is 5.66. The average Bonchev–Trinajstić information content (AvgIpc) is 2.97. The molecule has 2 aromatic rings. The Kier molecular flexibility index (Phi) is 3.41. The average molecular weight is 313 g/mol. The van der Waals surface area contributed by atoms with Crippen molar-refractivity contribution >= 4 is 5.97 Å². The lowest BCUT2D eigenvalue weighted by Crippen LogP contribution is -2.20. The highest BCUT2D eigenvalue weighted by Gasteiger charge is 2.50. The van der Waals surface area contributed by atoms with Gasteiger partial charge >= 0.3 is 5.97 Å². The molecule has 2 fully saturated rings. The molecule has 2 aliphatic rings. The van der Waals surface area contributed by atoms with E-state index in [-0.39, 0.29) is 17.9 Å². The lowest BCUT2D eigenvalue weighted by molar-refractivity contribution is -0.137. The fraction of sp³-hybridized carbons (Fsp3) is 0.471. The maximum absolute atomic E-state index is 11.2. The highest BCUT2D eigenvalue weighted by Crippen LogP contribution is 2.52. The van der Waals surface area contributed by atoms with Gasteiger partial charge in [0.1, 0.15) is 12.4 Å². The van der Waals surface area contributed by atoms with E-state index in [1.165, 1.54) is 5.56 Å². The number of aromatic nitrogens is 3. The van der Waals surface area contributed by atoms with E-state index < -0.39 is 5.97 Å². The third kappa shape index (κ3) is 2.53. The first-order chi connectivity index (χ1) is 11.2. The second kappa shape index (κ2) is 5.45. The van der Waals surface area contributed by atoms with Gasteiger partial charge in [-0.05, 0) is 24.8 Å². The molecule has 1 saturated heterocycles. The molecule has 1 N–H and O–H groups in total. The van der Waals surface area contributed by atoms with Crippen LogP contribution < -0.4 is 0 Å². The minimum absolute atomic E-state index is 0.148. The number of carboxylic acids is 1. The number of hydrogen-bond acceptors (Lipinski definition) is 4. The van der Waals surface area contributed by atoms with Crippen molar-refractivity contribution in [1.29, 1.82) is 0 Å². The Morgan fingerprint density at radius 1 is 1.35 bits per heavy atom. The van der Waals surface area contributed by atoms with Crippen LogP contribution in [0, 0.1) is 0 Å². The molecule has 6 nitrogen and oxygen atoms in total. The molecule has 0 spiro atoms. The Morgan fingerprint density at radius 3 is 2.74 bits per heavy atom. The zero-order chi connectivity index (χ0) is 15.9. The Balaban J connectivity index is 1.75. The summed E-state index contributed by atoms with van der Waals surface area (Å²) in [5, 5.41) is 13.7. The summed E-state index contributed by atoms with van der Waals surface area (Å²) < 4.78 is 7.00. The Labute approximate surface area is 134 Å². The quantitative estimate of drug-likeness (QED) is 0.913. The Bertz CT molecular complexity index is 716. The van der Waals surface area contributed by atoms with E-state index in [1.807, 2.05) is 18.2 Å². The van der Waals surface area contributed by atoms with Crippen molar-refractivity contribution in [3.63, 3.8) is 0 Å². The molecule has 1 saturated carbocycles. The number of hydrogen-bond donors (Lipinski definition) is 1. The highest BCUT2D eigenvalue weighted by atomic mass is 16.5. The lowest BCUT2D eigenvalue weighted by atomic mass is 9.95. The van der Waals surface area contributed by atoms with Crippen LogP contribution in [0.2, 0.25) is 0 Å². The molecule has 0 amide bonds. The predicted molar refractivity (Wildman–Crippen MR) is 82.3 cm³/mol. The predicted octanol–water partition coefficient (Wildman–Crippen LogP) is 1.95. The lowest BCUT2D eigenvalue weighted by Gasteiger charge is -2.15. The van der Waals surface area contributed by atoms with Crippen LogP contribution in [0.25, 0.3) is 0 Å². The van der Waals surface area contributed by atoms with Gasteiger partial charge in [0.05, 0.1) is 12.0 Å². The topological polar surface area (TPSA) is 77.2 Å². The van der Waals surface area contributed by atoms with Crippen molar-refractivity contribution < 1.29 is 14.6 Å². The summed E-state index contributed by atoms with van der Waals surface area (Å²) in [5.74, 6) is 0.790. The third-order valence-electron chi connectivity index (χ3n) is 4.77. The smallest absolute Gasteiger partial charge is 0.325 e. The third-order valence-corrected chi connectivity index (χ3v) is 4.77. The van der Waals surface area contributed by atoms with Crippen LogP contribution in [-0.4, -0.2) is 39.1 Å². The summed E-state index contributed by atoms with van der Waals surface area (Å²) in [4.78, 5) is 16.0. The molecule has 0 bridgehead atoms. The molecule has 120 valence electrons. The van der Waals surface area contributed by atoms with E-state index in [2.05, 4.69) is 17.2 Å². The van der Waals surface area contributed by atoms with Crippen LogP contribution in [0.15, 0.2) is 30.3 Å². The summed E-state index contributed by atoms with van der Waals surface area (Å²) in [6.07, 6.45) is 2.86. The molecule has 0 radical (unpaired) electrons. The van der Waals surface area contributed by atoms with E-state index in [9.17, 15) is 9.90 Å². The fourth-order valence-corrected chi connectivity index (χ4v) is 3.39. The second-order valence-corrected chi connectivity index (χ2v) is 6.35. The molecular weight excluding hydrogens is 294 g/mol. The summed E-state index contributed by atoms with van der Waals surface area (Å²) >= 11 is 0. The number of benzene rings is 1. The molecule has 1 aromatic carbocycles. The summed E-state index contributed by atoms with van der Waals surface area (Å²) in [6, 6.07) is 10.2. The molecule has 1 aliphatic carbocycles. The van der Waals surface area contributed by atoms with Gasteiger partial charge in [0.2, 0.25) is 0 Å². The SMILES string of the molecule is O=C(O)Cn1nc(C2CCOC2)nc1C1(c2ccccc2)CC1. The van der Waals surface area contributed by atoms with E-state index in [0.29, 0.717) is 6.61 Å². The number of carbonyl (C=O) groups is 1. The first-order valence-corrected chi connectivity index (χ1v) is 7.99. The standard InChI is InChI=1S/C17H19N3O3/c21-14(22)10-20-16(18-15(19-20)12-6-9-23-11-12)17(7-8-17)13-4-2-1-3-5-13/h1-5,12H,6-11H2,(H,21,22). The first kappa shape index (κ1) is 14.4. The largest absolute Gasteiger partial charge is 0.480 e. The van der Waals surface area contributed by atoms with Crippen LogP contribution in [0.3, 0.4) is 0 Å². The van der Waals surface area contributed by atoms with Crippen molar-refractivity contribution in [3.05, 3.63) is 47.5 Å². The van der Waals surface area contributed by atoms with Crippen molar-refractivity contribution in [2.45, 2.75) is 37.1 Å². The summed E-state index contributed by atoms with van der Waals surface area (Å²) in [7, 11) is 0. The van der Waals surface area contributed by atoms with E-state index in [0.717, 1.165) is 37.5 Å². The normalized spacial score (nSPS) is 22.2. The zero-order valence-electron chi connectivity index (χ0n) is 12.8. The van der Waals surface area contributed by atoms with Gasteiger partial charge in [-0.25, -0.2) is 9.67 Å². The summed E-state index contributed by atoms with van der Waals surface area (Å²) in [6.45, 7) is 1.19. The van der Waals surface area contributed by atoms with Crippen LogP contribution >= 0.6 is 0 Å². The van der Waals surface area contributed by atoms with Crippen molar-refractivity contribution in [3.8, 4) is 0 Å². The van der Waals surface area contributed by atoms with Gasteiger partial charge in [0.25, 0.3) is 0 Å². The van der Waals surface area contributed by atoms with Gasteiger partial charge in [-0.2, -0.15) is 5.10 Å². The van der Waals surface area contributed by atoms with E-state index in [1.54, 1.807) is 4.68 Å². The number of carboxylic acid groups (broad SMARTS) is 1. The molecule has 23 heavy (non-hydrogen) atoms. The van der Waals surface area contributed by atoms with E-state index in [4.69, 9.17) is 9.72 Å². The molecule has 1 aliphatic heterocycles. The molecule has 1 atom stereocenters. The van der Waals surface area contributed by atoms with Gasteiger partial charge in [-0.3, -0.25) is 4.79 Å². The number of aliphatic carboxylic acids is 1. The molecule has 1 unspecified atom stereocenters. The number of nitrogens with zero attached hydrogens (tertiary/aromatic N) is 3. The molecule has 6 heteroatoms.